The lowest BCUT2D eigenvalue weighted by molar-refractivity contribution is 0.0745. The van der Waals surface area contributed by atoms with Gasteiger partial charge in [-0.25, -0.2) is 9.59 Å². The monoisotopic (exact) mass is 476 g/mol. The Labute approximate surface area is 208 Å². The molecule has 0 aromatic carbocycles. The molecule has 4 amide bonds. The number of urea groups is 2. The van der Waals surface area contributed by atoms with Crippen LogP contribution < -0.4 is 21.3 Å². The molecule has 3 fully saturated rings. The maximum atomic E-state index is 12.8. The van der Waals surface area contributed by atoms with Crippen molar-refractivity contribution in [2.75, 3.05) is 6.54 Å². The van der Waals surface area contributed by atoms with E-state index in [0.717, 1.165) is 44.9 Å². The topological polar surface area (TPSA) is 82.3 Å². The van der Waals surface area contributed by atoms with Crippen molar-refractivity contribution < 1.29 is 9.59 Å². The highest BCUT2D eigenvalue weighted by Gasteiger charge is 2.42. The Balaban J connectivity index is 1.47. The largest absolute Gasteiger partial charge is 0.338 e. The van der Waals surface area contributed by atoms with Gasteiger partial charge in [-0.3, -0.25) is 0 Å². The normalized spacial score (nSPS) is 29.6. The van der Waals surface area contributed by atoms with Crippen molar-refractivity contribution in [1.29, 1.82) is 0 Å². The molecule has 0 unspecified atom stereocenters. The third-order valence-corrected chi connectivity index (χ3v) is 8.34. The standard InChI is InChI=1S/C28H52N4O2/c1-27(2)18-24(32-26(34)31-23-16-12-8-5-9-13-17-23)19-28(3,20-27)21-29-25(33)30-22-14-10-6-4-7-11-15-22/h22-24H,4-21H2,1-3H3,(H2,29,30,33)(H2,31,32,34)/t24-,28+/m0/s1. The van der Waals surface area contributed by atoms with Gasteiger partial charge in [-0.05, 0) is 55.8 Å². The van der Waals surface area contributed by atoms with Crippen LogP contribution in [0, 0.1) is 10.8 Å². The molecule has 0 heterocycles. The molecule has 3 rings (SSSR count). The van der Waals surface area contributed by atoms with Crippen LogP contribution in [-0.4, -0.2) is 36.7 Å². The molecule has 6 heteroatoms. The van der Waals surface area contributed by atoms with Crippen molar-refractivity contribution in [1.82, 2.24) is 21.3 Å². The number of hydrogen-bond donors (Lipinski definition) is 4. The van der Waals surface area contributed by atoms with Gasteiger partial charge in [-0.2, -0.15) is 0 Å². The Morgan fingerprint density at radius 2 is 1.06 bits per heavy atom. The maximum Gasteiger partial charge on any atom is 0.315 e. The summed E-state index contributed by atoms with van der Waals surface area (Å²) in [5.41, 5.74) is 0.0983. The Bertz CT molecular complexity index is 636. The van der Waals surface area contributed by atoms with Gasteiger partial charge in [0.25, 0.3) is 0 Å². The Morgan fingerprint density at radius 3 is 1.59 bits per heavy atom. The summed E-state index contributed by atoms with van der Waals surface area (Å²) in [5, 5.41) is 13.0. The lowest BCUT2D eigenvalue weighted by Crippen LogP contribution is -2.54. The second kappa shape index (κ2) is 13.0. The second-order valence-corrected chi connectivity index (χ2v) is 12.8. The van der Waals surface area contributed by atoms with Crippen LogP contribution in [0.3, 0.4) is 0 Å². The molecule has 0 bridgehead atoms. The summed E-state index contributed by atoms with van der Waals surface area (Å²) in [6.07, 6.45) is 20.0. The smallest absolute Gasteiger partial charge is 0.315 e. The molecular weight excluding hydrogens is 424 g/mol. The quantitative estimate of drug-likeness (QED) is 0.370. The summed E-state index contributed by atoms with van der Waals surface area (Å²) in [6.45, 7) is 7.50. The van der Waals surface area contributed by atoms with Crippen molar-refractivity contribution in [3.63, 3.8) is 0 Å². The molecule has 34 heavy (non-hydrogen) atoms. The molecule has 3 aliphatic rings. The molecule has 2 atom stereocenters. The molecule has 0 radical (unpaired) electrons. The van der Waals surface area contributed by atoms with Crippen molar-refractivity contribution in [2.24, 2.45) is 10.8 Å². The molecule has 0 saturated heterocycles. The summed E-state index contributed by atoms with van der Waals surface area (Å²) in [6, 6.07) is 0.717. The minimum absolute atomic E-state index is 0.00870. The lowest BCUT2D eigenvalue weighted by Gasteiger charge is -2.47. The first-order chi connectivity index (χ1) is 16.2. The maximum absolute atomic E-state index is 12.8. The third kappa shape index (κ3) is 9.65. The van der Waals surface area contributed by atoms with Crippen LogP contribution in [0.5, 0.6) is 0 Å². The number of amides is 4. The average molecular weight is 477 g/mol. The van der Waals surface area contributed by atoms with Crippen molar-refractivity contribution in [3.05, 3.63) is 0 Å². The molecule has 3 aliphatic carbocycles. The van der Waals surface area contributed by atoms with E-state index in [1.807, 2.05) is 0 Å². The average Bonchev–Trinajstić information content (AvgIpc) is 2.69. The fourth-order valence-corrected chi connectivity index (χ4v) is 7.01. The first-order valence-corrected chi connectivity index (χ1v) is 14.3. The van der Waals surface area contributed by atoms with Crippen LogP contribution >= 0.6 is 0 Å². The summed E-state index contributed by atoms with van der Waals surface area (Å²) in [7, 11) is 0. The number of nitrogens with one attached hydrogen (secondary N) is 4. The first kappa shape index (κ1) is 27.1. The Kier molecular flexibility index (Phi) is 10.4. The van der Waals surface area contributed by atoms with E-state index in [4.69, 9.17) is 0 Å². The summed E-state index contributed by atoms with van der Waals surface area (Å²) < 4.78 is 0. The van der Waals surface area contributed by atoms with Gasteiger partial charge in [0.1, 0.15) is 0 Å². The van der Waals surface area contributed by atoms with Crippen LogP contribution in [0.15, 0.2) is 0 Å². The SMILES string of the molecule is CC1(C)C[C@H](NC(=O)NC2CCCCCCC2)C[C@@](C)(CNC(=O)NC2CCCCCCC2)C1. The van der Waals surface area contributed by atoms with Gasteiger partial charge < -0.3 is 21.3 Å². The fourth-order valence-electron chi connectivity index (χ4n) is 7.01. The van der Waals surface area contributed by atoms with Gasteiger partial charge in [0.2, 0.25) is 0 Å². The molecule has 0 aromatic rings. The van der Waals surface area contributed by atoms with E-state index in [-0.39, 0.29) is 28.9 Å². The summed E-state index contributed by atoms with van der Waals surface area (Å²) in [5.74, 6) is 0. The predicted octanol–water partition coefficient (Wildman–Crippen LogP) is 6.40. The Morgan fingerprint density at radius 1 is 0.618 bits per heavy atom. The zero-order valence-electron chi connectivity index (χ0n) is 22.3. The number of carbonyl (C=O) groups is 2. The fraction of sp³-hybridized carbons (Fsp3) is 0.929. The van der Waals surface area contributed by atoms with Gasteiger partial charge in [0.05, 0.1) is 0 Å². The third-order valence-electron chi connectivity index (χ3n) is 8.34. The second-order valence-electron chi connectivity index (χ2n) is 12.8. The minimum Gasteiger partial charge on any atom is -0.338 e. The lowest BCUT2D eigenvalue weighted by atomic mass is 9.62. The van der Waals surface area contributed by atoms with E-state index in [1.165, 1.54) is 64.2 Å². The molecule has 4 N–H and O–H groups in total. The number of rotatable bonds is 5. The van der Waals surface area contributed by atoms with Gasteiger partial charge in [0, 0.05) is 24.7 Å². The highest BCUT2D eigenvalue weighted by Crippen LogP contribution is 2.45. The van der Waals surface area contributed by atoms with Crippen LogP contribution in [0.1, 0.15) is 130 Å². The molecule has 196 valence electrons. The molecule has 0 spiro atoms. The van der Waals surface area contributed by atoms with Gasteiger partial charge in [-0.1, -0.05) is 85.0 Å². The van der Waals surface area contributed by atoms with Gasteiger partial charge in [0.15, 0.2) is 0 Å². The van der Waals surface area contributed by atoms with E-state index in [0.29, 0.717) is 18.6 Å². The van der Waals surface area contributed by atoms with Crippen molar-refractivity contribution in [3.8, 4) is 0 Å². The zero-order valence-corrected chi connectivity index (χ0v) is 22.3. The van der Waals surface area contributed by atoms with Crippen molar-refractivity contribution >= 4 is 12.1 Å². The highest BCUT2D eigenvalue weighted by atomic mass is 16.2. The minimum atomic E-state index is -0.0296. The van der Waals surface area contributed by atoms with E-state index in [9.17, 15) is 9.59 Å². The molecule has 0 aromatic heterocycles. The van der Waals surface area contributed by atoms with Crippen LogP contribution in [0.25, 0.3) is 0 Å². The van der Waals surface area contributed by atoms with E-state index in [2.05, 4.69) is 42.0 Å². The molecule has 6 nitrogen and oxygen atoms in total. The summed E-state index contributed by atoms with van der Waals surface area (Å²) >= 11 is 0. The van der Waals surface area contributed by atoms with Crippen LogP contribution in [-0.2, 0) is 0 Å². The number of hydrogen-bond acceptors (Lipinski definition) is 2. The zero-order chi connectivity index (χ0) is 24.4. The van der Waals surface area contributed by atoms with Gasteiger partial charge in [-0.15, -0.1) is 0 Å². The first-order valence-electron chi connectivity index (χ1n) is 14.3. The summed E-state index contributed by atoms with van der Waals surface area (Å²) in [4.78, 5) is 25.5. The highest BCUT2D eigenvalue weighted by molar-refractivity contribution is 5.75. The van der Waals surface area contributed by atoms with E-state index < -0.39 is 0 Å². The number of carbonyl (C=O) groups excluding carboxylic acids is 2. The molecular formula is C28H52N4O2. The molecule has 3 saturated carbocycles. The van der Waals surface area contributed by atoms with E-state index >= 15 is 0 Å². The van der Waals surface area contributed by atoms with Crippen molar-refractivity contribution in [2.45, 2.75) is 148 Å². The van der Waals surface area contributed by atoms with Crippen LogP contribution in [0.4, 0.5) is 9.59 Å². The Hall–Kier alpha value is -1.46. The van der Waals surface area contributed by atoms with E-state index in [1.54, 1.807) is 0 Å². The molecule has 0 aliphatic heterocycles. The predicted molar refractivity (Wildman–Crippen MR) is 140 cm³/mol. The van der Waals surface area contributed by atoms with Gasteiger partial charge >= 0.3 is 12.1 Å². The van der Waals surface area contributed by atoms with Crippen LogP contribution in [0.2, 0.25) is 0 Å².